The molecule has 0 heterocycles. The van der Waals surface area contributed by atoms with Gasteiger partial charge in [0.25, 0.3) is 0 Å². The molecule has 2 heteroatoms. The van der Waals surface area contributed by atoms with Gasteiger partial charge in [0.2, 0.25) is 0 Å². The van der Waals surface area contributed by atoms with E-state index in [9.17, 15) is 9.90 Å². The number of rotatable bonds is 3. The molecular weight excluding hydrogens is 176 g/mol. The average molecular weight is 196 g/mol. The molecule has 0 bridgehead atoms. The van der Waals surface area contributed by atoms with Crippen LogP contribution in [0.15, 0.2) is 11.3 Å². The number of hydrogen-bond acceptors (Lipinski definition) is 2. The van der Waals surface area contributed by atoms with E-state index < -0.39 is 0 Å². The molecule has 2 atom stereocenters. The highest BCUT2D eigenvalue weighted by atomic mass is 16.3. The number of carbonyl (C=O) groups is 1. The first-order chi connectivity index (χ1) is 6.56. The summed E-state index contributed by atoms with van der Waals surface area (Å²) in [5.41, 5.74) is 0.576. The van der Waals surface area contributed by atoms with Gasteiger partial charge in [-0.1, -0.05) is 13.8 Å². The number of ketones is 1. The lowest BCUT2D eigenvalue weighted by molar-refractivity contribution is -0.119. The molecule has 0 spiro atoms. The lowest BCUT2D eigenvalue weighted by Gasteiger charge is -2.10. The van der Waals surface area contributed by atoms with Crippen molar-refractivity contribution in [3.05, 3.63) is 11.3 Å². The van der Waals surface area contributed by atoms with Crippen LogP contribution in [-0.2, 0) is 4.79 Å². The molecule has 0 aliphatic heterocycles. The van der Waals surface area contributed by atoms with Crippen molar-refractivity contribution in [3.8, 4) is 0 Å². The van der Waals surface area contributed by atoms with E-state index >= 15 is 0 Å². The zero-order valence-corrected chi connectivity index (χ0v) is 9.34. The Hall–Kier alpha value is -0.790. The van der Waals surface area contributed by atoms with Gasteiger partial charge in [0.1, 0.15) is 0 Å². The Morgan fingerprint density at radius 1 is 1.43 bits per heavy atom. The summed E-state index contributed by atoms with van der Waals surface area (Å²) in [7, 11) is 0. The van der Waals surface area contributed by atoms with Gasteiger partial charge in [-0.2, -0.15) is 0 Å². The fourth-order valence-corrected chi connectivity index (χ4v) is 2.16. The van der Waals surface area contributed by atoms with Crippen LogP contribution < -0.4 is 0 Å². The molecule has 1 rings (SSSR count). The van der Waals surface area contributed by atoms with Crippen LogP contribution in [0.2, 0.25) is 0 Å². The van der Waals surface area contributed by atoms with Gasteiger partial charge in [-0.05, 0) is 32.1 Å². The molecule has 0 amide bonds. The van der Waals surface area contributed by atoms with E-state index in [1.54, 1.807) is 6.92 Å². The number of aliphatic hydroxyl groups is 1. The van der Waals surface area contributed by atoms with Crippen molar-refractivity contribution >= 4 is 5.78 Å². The summed E-state index contributed by atoms with van der Waals surface area (Å²) >= 11 is 0. The van der Waals surface area contributed by atoms with Crippen molar-refractivity contribution in [2.24, 2.45) is 11.8 Å². The maximum atomic E-state index is 11.9. The summed E-state index contributed by atoms with van der Waals surface area (Å²) in [6.45, 7) is 5.79. The minimum Gasteiger partial charge on any atom is -0.512 e. The monoisotopic (exact) mass is 196 g/mol. The van der Waals surface area contributed by atoms with Crippen LogP contribution in [0, 0.1) is 11.8 Å². The van der Waals surface area contributed by atoms with E-state index in [0.717, 1.165) is 19.3 Å². The Bertz CT molecular complexity index is 253. The predicted octanol–water partition coefficient (Wildman–Crippen LogP) is 3.23. The number of allylic oxidation sites excluding steroid dienone is 2. The molecule has 0 aromatic heterocycles. The molecule has 2 unspecified atom stereocenters. The van der Waals surface area contributed by atoms with Crippen LogP contribution >= 0.6 is 0 Å². The van der Waals surface area contributed by atoms with Crippen molar-refractivity contribution in [2.75, 3.05) is 0 Å². The second-order valence-electron chi connectivity index (χ2n) is 4.40. The summed E-state index contributed by atoms with van der Waals surface area (Å²) in [5, 5.41) is 9.48. The maximum Gasteiger partial charge on any atom is 0.164 e. The Morgan fingerprint density at radius 2 is 2.07 bits per heavy atom. The van der Waals surface area contributed by atoms with Gasteiger partial charge in [-0.15, -0.1) is 0 Å². The molecule has 1 fully saturated rings. The Balaban J connectivity index is 2.66. The summed E-state index contributed by atoms with van der Waals surface area (Å²) in [6.07, 6.45) is 3.69. The van der Waals surface area contributed by atoms with Gasteiger partial charge in [0.05, 0.1) is 5.76 Å². The average Bonchev–Trinajstić information content (AvgIpc) is 2.61. The third-order valence-corrected chi connectivity index (χ3v) is 3.20. The molecule has 1 aliphatic rings. The molecule has 2 nitrogen and oxygen atoms in total. The van der Waals surface area contributed by atoms with Crippen molar-refractivity contribution in [1.29, 1.82) is 0 Å². The van der Waals surface area contributed by atoms with Crippen molar-refractivity contribution in [3.63, 3.8) is 0 Å². The summed E-state index contributed by atoms with van der Waals surface area (Å²) in [6, 6.07) is 0. The predicted molar refractivity (Wildman–Crippen MR) is 57.1 cm³/mol. The van der Waals surface area contributed by atoms with Gasteiger partial charge in [-0.3, -0.25) is 4.79 Å². The molecule has 1 aliphatic carbocycles. The third-order valence-electron chi connectivity index (χ3n) is 3.20. The number of carbonyl (C=O) groups excluding carboxylic acids is 1. The van der Waals surface area contributed by atoms with Gasteiger partial charge >= 0.3 is 0 Å². The largest absolute Gasteiger partial charge is 0.512 e. The molecule has 1 N–H and O–H groups in total. The van der Waals surface area contributed by atoms with Crippen molar-refractivity contribution in [1.82, 2.24) is 0 Å². The van der Waals surface area contributed by atoms with Crippen molar-refractivity contribution in [2.45, 2.75) is 46.5 Å². The topological polar surface area (TPSA) is 37.3 Å². The van der Waals surface area contributed by atoms with Crippen LogP contribution in [0.5, 0.6) is 0 Å². The molecule has 0 saturated heterocycles. The highest BCUT2D eigenvalue weighted by Gasteiger charge is 2.28. The molecule has 0 aromatic carbocycles. The summed E-state index contributed by atoms with van der Waals surface area (Å²) in [4.78, 5) is 11.9. The second kappa shape index (κ2) is 4.63. The first-order valence-electron chi connectivity index (χ1n) is 5.49. The molecular formula is C12H20O2. The lowest BCUT2D eigenvalue weighted by atomic mass is 9.95. The van der Waals surface area contributed by atoms with Gasteiger partial charge in [0.15, 0.2) is 5.78 Å². The fraction of sp³-hybridized carbons (Fsp3) is 0.750. The fourth-order valence-electron chi connectivity index (χ4n) is 2.16. The molecule has 14 heavy (non-hydrogen) atoms. The van der Waals surface area contributed by atoms with Crippen LogP contribution in [0.4, 0.5) is 0 Å². The quantitative estimate of drug-likeness (QED) is 0.555. The first-order valence-corrected chi connectivity index (χ1v) is 5.49. The zero-order valence-electron chi connectivity index (χ0n) is 9.34. The zero-order chi connectivity index (χ0) is 10.7. The van der Waals surface area contributed by atoms with Crippen LogP contribution in [0.1, 0.15) is 46.5 Å². The minimum absolute atomic E-state index is 0.161. The van der Waals surface area contributed by atoms with E-state index in [2.05, 4.69) is 6.92 Å². The van der Waals surface area contributed by atoms with E-state index in [1.807, 2.05) is 6.92 Å². The SMILES string of the molecule is CC/C(O)=C(\C)C(=O)C1CCC(C)C1. The number of aliphatic hydroxyl groups excluding tert-OH is 1. The molecule has 80 valence electrons. The highest BCUT2D eigenvalue weighted by Crippen LogP contribution is 2.32. The second-order valence-corrected chi connectivity index (χ2v) is 4.40. The van der Waals surface area contributed by atoms with E-state index in [4.69, 9.17) is 0 Å². The summed E-state index contributed by atoms with van der Waals surface area (Å²) < 4.78 is 0. The van der Waals surface area contributed by atoms with Gasteiger partial charge in [0, 0.05) is 17.9 Å². The molecule has 1 saturated carbocycles. The van der Waals surface area contributed by atoms with Crippen LogP contribution in [0.25, 0.3) is 0 Å². The molecule has 0 radical (unpaired) electrons. The first kappa shape index (κ1) is 11.3. The summed E-state index contributed by atoms with van der Waals surface area (Å²) in [5.74, 6) is 1.25. The van der Waals surface area contributed by atoms with E-state index in [-0.39, 0.29) is 17.5 Å². The van der Waals surface area contributed by atoms with E-state index in [0.29, 0.717) is 17.9 Å². The molecule has 0 aromatic rings. The minimum atomic E-state index is 0.161. The normalized spacial score (nSPS) is 28.8. The van der Waals surface area contributed by atoms with Gasteiger partial charge < -0.3 is 5.11 Å². The lowest BCUT2D eigenvalue weighted by Crippen LogP contribution is -2.13. The Kier molecular flexibility index (Phi) is 3.73. The smallest absolute Gasteiger partial charge is 0.164 e. The Labute approximate surface area is 86.0 Å². The van der Waals surface area contributed by atoms with Crippen LogP contribution in [0.3, 0.4) is 0 Å². The Morgan fingerprint density at radius 3 is 2.50 bits per heavy atom. The van der Waals surface area contributed by atoms with Crippen LogP contribution in [-0.4, -0.2) is 10.9 Å². The van der Waals surface area contributed by atoms with Gasteiger partial charge in [-0.25, -0.2) is 0 Å². The van der Waals surface area contributed by atoms with E-state index in [1.165, 1.54) is 0 Å². The highest BCUT2D eigenvalue weighted by molar-refractivity contribution is 5.97. The number of hydrogen-bond donors (Lipinski definition) is 1. The van der Waals surface area contributed by atoms with Crippen molar-refractivity contribution < 1.29 is 9.90 Å². The third kappa shape index (κ3) is 2.37. The standard InChI is InChI=1S/C12H20O2/c1-4-11(13)9(3)12(14)10-6-5-8(2)7-10/h8,10,13H,4-7H2,1-3H3/b11-9-. The maximum absolute atomic E-state index is 11.9. The number of Topliss-reactive ketones (excluding diaryl/α,β-unsaturated/α-hetero) is 1.